The fourth-order valence-corrected chi connectivity index (χ4v) is 3.33. The Morgan fingerprint density at radius 3 is 2.22 bits per heavy atom. The SMILES string of the molecule is Cc1nn(C)c(C)c1CN1CCN(C(C)C(=O)NC(=O)NC(C)(C)C)CC1. The molecule has 2 heterocycles. The number of hydrogen-bond acceptors (Lipinski definition) is 5. The Morgan fingerprint density at radius 1 is 1.15 bits per heavy atom. The van der Waals surface area contributed by atoms with E-state index in [0.29, 0.717) is 0 Å². The lowest BCUT2D eigenvalue weighted by Gasteiger charge is -2.37. The highest BCUT2D eigenvalue weighted by molar-refractivity contribution is 5.97. The molecule has 1 fully saturated rings. The summed E-state index contributed by atoms with van der Waals surface area (Å²) in [5.74, 6) is -0.260. The van der Waals surface area contributed by atoms with Gasteiger partial charge in [-0.15, -0.1) is 0 Å². The number of piperazine rings is 1. The zero-order chi connectivity index (χ0) is 20.4. The smallest absolute Gasteiger partial charge is 0.321 e. The third-order valence-corrected chi connectivity index (χ3v) is 5.10. The topological polar surface area (TPSA) is 82.5 Å². The number of urea groups is 1. The summed E-state index contributed by atoms with van der Waals surface area (Å²) in [4.78, 5) is 28.8. The molecule has 2 rings (SSSR count). The second kappa shape index (κ2) is 8.39. The lowest BCUT2D eigenvalue weighted by molar-refractivity contribution is -0.125. The van der Waals surface area contributed by atoms with Crippen molar-refractivity contribution in [3.63, 3.8) is 0 Å². The zero-order valence-corrected chi connectivity index (χ0v) is 17.7. The molecule has 1 aromatic heterocycles. The minimum atomic E-state index is -0.444. The van der Waals surface area contributed by atoms with Crippen LogP contribution in [-0.2, 0) is 18.4 Å². The molecule has 0 bridgehead atoms. The highest BCUT2D eigenvalue weighted by atomic mass is 16.2. The number of nitrogens with one attached hydrogen (secondary N) is 2. The number of amides is 3. The van der Waals surface area contributed by atoms with Crippen LogP contribution in [-0.4, -0.2) is 69.3 Å². The van der Waals surface area contributed by atoms with Crippen molar-refractivity contribution in [2.75, 3.05) is 26.2 Å². The van der Waals surface area contributed by atoms with E-state index in [1.165, 1.54) is 11.3 Å². The van der Waals surface area contributed by atoms with Gasteiger partial charge in [-0.05, 0) is 41.5 Å². The summed E-state index contributed by atoms with van der Waals surface area (Å²) >= 11 is 0. The van der Waals surface area contributed by atoms with Crippen molar-refractivity contribution >= 4 is 11.9 Å². The summed E-state index contributed by atoms with van der Waals surface area (Å²) in [5.41, 5.74) is 3.19. The molecule has 1 aliphatic rings. The van der Waals surface area contributed by atoms with E-state index in [1.54, 1.807) is 0 Å². The van der Waals surface area contributed by atoms with Gasteiger partial charge in [-0.1, -0.05) is 0 Å². The van der Waals surface area contributed by atoms with Crippen molar-refractivity contribution in [2.24, 2.45) is 7.05 Å². The van der Waals surface area contributed by atoms with E-state index in [1.807, 2.05) is 46.3 Å². The van der Waals surface area contributed by atoms with E-state index >= 15 is 0 Å². The maximum absolute atomic E-state index is 12.4. The van der Waals surface area contributed by atoms with Crippen LogP contribution in [0.5, 0.6) is 0 Å². The van der Waals surface area contributed by atoms with Gasteiger partial charge >= 0.3 is 6.03 Å². The first-order valence-electron chi connectivity index (χ1n) is 9.56. The van der Waals surface area contributed by atoms with Crippen LogP contribution in [0.2, 0.25) is 0 Å². The third kappa shape index (κ3) is 5.77. The second-order valence-electron chi connectivity index (χ2n) is 8.45. The molecule has 0 aliphatic carbocycles. The predicted molar refractivity (Wildman–Crippen MR) is 105 cm³/mol. The summed E-state index contributed by atoms with van der Waals surface area (Å²) in [7, 11) is 1.97. The van der Waals surface area contributed by atoms with Gasteiger partial charge in [0.2, 0.25) is 5.91 Å². The minimum Gasteiger partial charge on any atom is -0.333 e. The standard InChI is InChI=1S/C19H34N6O2/c1-13-16(14(2)23(7)22-13)12-24-8-10-25(11-9-24)15(3)17(26)20-18(27)21-19(4,5)6/h15H,8-12H2,1-7H3,(H2,20,21,26,27). The van der Waals surface area contributed by atoms with Crippen LogP contribution < -0.4 is 10.6 Å². The largest absolute Gasteiger partial charge is 0.333 e. The first kappa shape index (κ1) is 21.4. The normalized spacial score (nSPS) is 17.6. The number of aryl methyl sites for hydroxylation is 2. The van der Waals surface area contributed by atoms with Gasteiger partial charge in [-0.3, -0.25) is 24.6 Å². The van der Waals surface area contributed by atoms with Crippen LogP contribution in [0.4, 0.5) is 4.79 Å². The van der Waals surface area contributed by atoms with Gasteiger partial charge < -0.3 is 5.32 Å². The molecule has 152 valence electrons. The molecule has 0 aromatic carbocycles. The molecule has 8 nitrogen and oxygen atoms in total. The number of rotatable bonds is 4. The van der Waals surface area contributed by atoms with Crippen LogP contribution in [0.15, 0.2) is 0 Å². The molecule has 8 heteroatoms. The molecule has 2 N–H and O–H groups in total. The molecule has 1 unspecified atom stereocenters. The van der Waals surface area contributed by atoms with Crippen LogP contribution in [0.3, 0.4) is 0 Å². The van der Waals surface area contributed by atoms with Gasteiger partial charge in [0.15, 0.2) is 0 Å². The average molecular weight is 379 g/mol. The van der Waals surface area contributed by atoms with Gasteiger partial charge in [-0.25, -0.2) is 4.79 Å². The molecular formula is C19H34N6O2. The number of nitrogens with zero attached hydrogens (tertiary/aromatic N) is 4. The summed E-state index contributed by atoms with van der Waals surface area (Å²) in [6.07, 6.45) is 0. The fourth-order valence-electron chi connectivity index (χ4n) is 3.33. The quantitative estimate of drug-likeness (QED) is 0.822. The number of aromatic nitrogens is 2. The van der Waals surface area contributed by atoms with E-state index in [9.17, 15) is 9.59 Å². The van der Waals surface area contributed by atoms with Crippen LogP contribution in [0, 0.1) is 13.8 Å². The monoisotopic (exact) mass is 378 g/mol. The summed E-state index contributed by atoms with van der Waals surface area (Å²) < 4.78 is 1.93. The Balaban J connectivity index is 1.84. The second-order valence-corrected chi connectivity index (χ2v) is 8.45. The summed E-state index contributed by atoms with van der Waals surface area (Å²) in [6.45, 7) is 15.9. The van der Waals surface area contributed by atoms with Crippen molar-refractivity contribution in [3.8, 4) is 0 Å². The van der Waals surface area contributed by atoms with Crippen molar-refractivity contribution in [2.45, 2.75) is 59.7 Å². The van der Waals surface area contributed by atoms with Crippen LogP contribution >= 0.6 is 0 Å². The molecular weight excluding hydrogens is 344 g/mol. The lowest BCUT2D eigenvalue weighted by atomic mass is 10.1. The fraction of sp³-hybridized carbons (Fsp3) is 0.737. The molecule has 27 heavy (non-hydrogen) atoms. The molecule has 1 atom stereocenters. The average Bonchev–Trinajstić information content (AvgIpc) is 2.79. The summed E-state index contributed by atoms with van der Waals surface area (Å²) in [5, 5.41) is 9.68. The molecule has 1 aliphatic heterocycles. The van der Waals surface area contributed by atoms with Gasteiger partial charge in [0.1, 0.15) is 0 Å². The molecule has 1 saturated heterocycles. The Hall–Kier alpha value is -1.93. The van der Waals surface area contributed by atoms with Gasteiger partial charge in [0.05, 0.1) is 11.7 Å². The van der Waals surface area contributed by atoms with E-state index in [-0.39, 0.29) is 17.5 Å². The molecule has 0 saturated carbocycles. The Morgan fingerprint density at radius 2 is 1.74 bits per heavy atom. The first-order valence-corrected chi connectivity index (χ1v) is 9.56. The maximum Gasteiger partial charge on any atom is 0.321 e. The van der Waals surface area contributed by atoms with Crippen molar-refractivity contribution in [1.82, 2.24) is 30.2 Å². The van der Waals surface area contributed by atoms with Crippen molar-refractivity contribution < 1.29 is 9.59 Å². The van der Waals surface area contributed by atoms with Gasteiger partial charge in [0.25, 0.3) is 0 Å². The third-order valence-electron chi connectivity index (χ3n) is 5.10. The van der Waals surface area contributed by atoms with E-state index in [2.05, 4.69) is 32.5 Å². The van der Waals surface area contributed by atoms with Crippen LogP contribution in [0.1, 0.15) is 44.6 Å². The first-order chi connectivity index (χ1) is 12.5. The number of imide groups is 1. The number of hydrogen-bond donors (Lipinski definition) is 2. The summed E-state index contributed by atoms with van der Waals surface area (Å²) in [6, 6.07) is -0.778. The van der Waals surface area contributed by atoms with E-state index in [0.717, 1.165) is 38.4 Å². The van der Waals surface area contributed by atoms with E-state index in [4.69, 9.17) is 0 Å². The highest BCUT2D eigenvalue weighted by Crippen LogP contribution is 2.16. The minimum absolute atomic E-state index is 0.260. The Bertz CT molecular complexity index is 683. The van der Waals surface area contributed by atoms with Crippen LogP contribution in [0.25, 0.3) is 0 Å². The Kier molecular flexibility index (Phi) is 6.64. The zero-order valence-electron chi connectivity index (χ0n) is 17.7. The highest BCUT2D eigenvalue weighted by Gasteiger charge is 2.27. The van der Waals surface area contributed by atoms with E-state index < -0.39 is 6.03 Å². The molecule has 0 radical (unpaired) electrons. The van der Waals surface area contributed by atoms with Gasteiger partial charge in [0, 0.05) is 56.6 Å². The maximum atomic E-state index is 12.4. The number of carbonyl (C=O) groups is 2. The number of carbonyl (C=O) groups excluding carboxylic acids is 2. The van der Waals surface area contributed by atoms with Gasteiger partial charge in [-0.2, -0.15) is 5.10 Å². The lowest BCUT2D eigenvalue weighted by Crippen LogP contribution is -2.56. The molecule has 0 spiro atoms. The molecule has 1 aromatic rings. The van der Waals surface area contributed by atoms with Crippen molar-refractivity contribution in [3.05, 3.63) is 17.0 Å². The Labute approximate surface area is 162 Å². The predicted octanol–water partition coefficient (Wildman–Crippen LogP) is 1.17. The molecule has 3 amide bonds. The van der Waals surface area contributed by atoms with Crippen molar-refractivity contribution in [1.29, 1.82) is 0 Å².